The first-order valence-corrected chi connectivity index (χ1v) is 4.62. The molecule has 0 amide bonds. The predicted octanol–water partition coefficient (Wildman–Crippen LogP) is 3.01. The number of hydrogen-bond acceptors (Lipinski definition) is 2. The van der Waals surface area contributed by atoms with Crippen LogP contribution in [0.2, 0.25) is 5.02 Å². The third-order valence-corrected chi connectivity index (χ3v) is 2.21. The van der Waals surface area contributed by atoms with Crippen LogP contribution in [0.4, 0.5) is 0 Å². The van der Waals surface area contributed by atoms with Gasteiger partial charge in [-0.3, -0.25) is 0 Å². The number of furan rings is 1. The molecule has 0 radical (unpaired) electrons. The van der Waals surface area contributed by atoms with Crippen LogP contribution in [-0.2, 0) is 0 Å². The van der Waals surface area contributed by atoms with Crippen molar-refractivity contribution in [2.75, 3.05) is 0 Å². The summed E-state index contributed by atoms with van der Waals surface area (Å²) in [5.74, 6) is 0.521. The molecule has 0 aliphatic carbocycles. The zero-order valence-corrected chi connectivity index (χ0v) is 8.11. The number of benzene rings is 1. The summed E-state index contributed by atoms with van der Waals surface area (Å²) in [4.78, 5) is 0. The van der Waals surface area contributed by atoms with Crippen LogP contribution in [0.15, 0.2) is 47.1 Å². The van der Waals surface area contributed by atoms with E-state index in [-0.39, 0.29) is 0 Å². The lowest BCUT2D eigenvalue weighted by atomic mass is 10.1. The van der Waals surface area contributed by atoms with Crippen LogP contribution in [0, 0.1) is 0 Å². The van der Waals surface area contributed by atoms with Gasteiger partial charge in [-0.2, -0.15) is 0 Å². The van der Waals surface area contributed by atoms with Gasteiger partial charge in [-0.05, 0) is 29.8 Å². The number of rotatable bonds is 2. The van der Waals surface area contributed by atoms with Crippen molar-refractivity contribution in [3.05, 3.63) is 59.0 Å². The molecule has 0 fully saturated rings. The fraction of sp³-hybridized carbons (Fsp3) is 0.0909. The molecule has 0 spiro atoms. The minimum absolute atomic E-state index is 0.521. The fourth-order valence-corrected chi connectivity index (χ4v) is 1.49. The van der Waals surface area contributed by atoms with Crippen LogP contribution in [-0.4, -0.2) is 5.11 Å². The van der Waals surface area contributed by atoms with E-state index in [4.69, 9.17) is 16.0 Å². The van der Waals surface area contributed by atoms with E-state index < -0.39 is 6.10 Å². The summed E-state index contributed by atoms with van der Waals surface area (Å²) >= 11 is 5.81. The molecule has 1 N–H and O–H groups in total. The standard InChI is InChI=1S/C11H9ClO2/c12-9-4-1-3-8(7-9)11(13)10-5-2-6-14-10/h1-7,11,13H. The highest BCUT2D eigenvalue weighted by atomic mass is 35.5. The van der Waals surface area contributed by atoms with Crippen LogP contribution in [0.25, 0.3) is 0 Å². The van der Waals surface area contributed by atoms with E-state index in [2.05, 4.69) is 0 Å². The summed E-state index contributed by atoms with van der Waals surface area (Å²) < 4.78 is 5.10. The second-order valence-electron chi connectivity index (χ2n) is 2.97. The molecule has 1 aromatic heterocycles. The minimum atomic E-state index is -0.747. The topological polar surface area (TPSA) is 33.4 Å². The zero-order chi connectivity index (χ0) is 9.97. The van der Waals surface area contributed by atoms with E-state index in [1.54, 1.807) is 36.4 Å². The van der Waals surface area contributed by atoms with Crippen LogP contribution in [0.1, 0.15) is 17.4 Å². The molecule has 1 unspecified atom stereocenters. The molecule has 72 valence electrons. The molecule has 2 nitrogen and oxygen atoms in total. The first-order chi connectivity index (χ1) is 6.77. The zero-order valence-electron chi connectivity index (χ0n) is 7.35. The molecule has 0 saturated heterocycles. The van der Waals surface area contributed by atoms with Crippen molar-refractivity contribution in [1.82, 2.24) is 0 Å². The number of halogens is 1. The molecule has 2 rings (SSSR count). The molecule has 14 heavy (non-hydrogen) atoms. The van der Waals surface area contributed by atoms with Crippen molar-refractivity contribution < 1.29 is 9.52 Å². The second kappa shape index (κ2) is 3.86. The second-order valence-corrected chi connectivity index (χ2v) is 3.41. The molecule has 1 heterocycles. The molecule has 2 aromatic rings. The average molecular weight is 209 g/mol. The Labute approximate surface area is 86.7 Å². The van der Waals surface area contributed by atoms with Crippen LogP contribution >= 0.6 is 11.6 Å². The fourth-order valence-electron chi connectivity index (χ4n) is 1.29. The quantitative estimate of drug-likeness (QED) is 0.823. The van der Waals surface area contributed by atoms with Crippen molar-refractivity contribution in [3.8, 4) is 0 Å². The maximum absolute atomic E-state index is 9.85. The van der Waals surface area contributed by atoms with Gasteiger partial charge in [-0.15, -0.1) is 0 Å². The molecular formula is C11H9ClO2. The Bertz CT molecular complexity index is 409. The monoisotopic (exact) mass is 208 g/mol. The van der Waals surface area contributed by atoms with Gasteiger partial charge in [0.05, 0.1) is 6.26 Å². The molecule has 0 aliphatic heterocycles. The smallest absolute Gasteiger partial charge is 0.137 e. The lowest BCUT2D eigenvalue weighted by molar-refractivity contribution is 0.189. The maximum Gasteiger partial charge on any atom is 0.137 e. The summed E-state index contributed by atoms with van der Waals surface area (Å²) in [6.07, 6.45) is 0.784. The van der Waals surface area contributed by atoms with Crippen LogP contribution in [0.5, 0.6) is 0 Å². The molecule has 0 bridgehead atoms. The van der Waals surface area contributed by atoms with E-state index >= 15 is 0 Å². The first-order valence-electron chi connectivity index (χ1n) is 4.24. The normalized spacial score (nSPS) is 12.7. The van der Waals surface area contributed by atoms with Gasteiger partial charge in [0.2, 0.25) is 0 Å². The van der Waals surface area contributed by atoms with Gasteiger partial charge in [-0.25, -0.2) is 0 Å². The number of aliphatic hydroxyl groups is 1. The van der Waals surface area contributed by atoms with E-state index in [1.165, 1.54) is 6.26 Å². The minimum Gasteiger partial charge on any atom is -0.466 e. The molecule has 1 atom stereocenters. The van der Waals surface area contributed by atoms with Crippen LogP contribution in [0.3, 0.4) is 0 Å². The highest BCUT2D eigenvalue weighted by Gasteiger charge is 2.12. The van der Waals surface area contributed by atoms with Crippen molar-refractivity contribution in [2.24, 2.45) is 0 Å². The molecule has 0 saturated carbocycles. The first kappa shape index (κ1) is 9.31. The summed E-state index contributed by atoms with van der Waals surface area (Å²) in [6.45, 7) is 0. The highest BCUT2D eigenvalue weighted by Crippen LogP contribution is 2.24. The van der Waals surface area contributed by atoms with E-state index in [1.807, 2.05) is 0 Å². The van der Waals surface area contributed by atoms with E-state index in [0.717, 1.165) is 5.56 Å². The Hall–Kier alpha value is -1.25. The van der Waals surface area contributed by atoms with Crippen molar-refractivity contribution in [3.63, 3.8) is 0 Å². The molecule has 3 heteroatoms. The summed E-state index contributed by atoms with van der Waals surface area (Å²) in [6, 6.07) is 10.5. The number of hydrogen-bond donors (Lipinski definition) is 1. The molecule has 0 aliphatic rings. The van der Waals surface area contributed by atoms with Gasteiger partial charge in [0.15, 0.2) is 0 Å². The van der Waals surface area contributed by atoms with E-state index in [0.29, 0.717) is 10.8 Å². The van der Waals surface area contributed by atoms with Crippen molar-refractivity contribution in [2.45, 2.75) is 6.10 Å². The lowest BCUT2D eigenvalue weighted by Gasteiger charge is -2.07. The Morgan fingerprint density at radius 2 is 2.07 bits per heavy atom. The largest absolute Gasteiger partial charge is 0.466 e. The Balaban J connectivity index is 2.32. The maximum atomic E-state index is 9.85. The third kappa shape index (κ3) is 1.81. The Morgan fingerprint density at radius 1 is 1.21 bits per heavy atom. The van der Waals surface area contributed by atoms with Gasteiger partial charge >= 0.3 is 0 Å². The number of aliphatic hydroxyl groups excluding tert-OH is 1. The molecule has 1 aromatic carbocycles. The lowest BCUT2D eigenvalue weighted by Crippen LogP contribution is -1.97. The van der Waals surface area contributed by atoms with Gasteiger partial charge < -0.3 is 9.52 Å². The van der Waals surface area contributed by atoms with Gasteiger partial charge in [0, 0.05) is 5.02 Å². The van der Waals surface area contributed by atoms with E-state index in [9.17, 15) is 5.11 Å². The Kier molecular flexibility index (Phi) is 2.57. The third-order valence-electron chi connectivity index (χ3n) is 1.98. The highest BCUT2D eigenvalue weighted by molar-refractivity contribution is 6.30. The molecular weight excluding hydrogens is 200 g/mol. The Morgan fingerprint density at radius 3 is 2.71 bits per heavy atom. The van der Waals surface area contributed by atoms with Gasteiger partial charge in [-0.1, -0.05) is 23.7 Å². The van der Waals surface area contributed by atoms with Gasteiger partial charge in [0.1, 0.15) is 11.9 Å². The summed E-state index contributed by atoms with van der Waals surface area (Å²) in [5.41, 5.74) is 0.729. The summed E-state index contributed by atoms with van der Waals surface area (Å²) in [7, 11) is 0. The summed E-state index contributed by atoms with van der Waals surface area (Å²) in [5, 5.41) is 10.5. The average Bonchev–Trinajstić information content (AvgIpc) is 2.69. The van der Waals surface area contributed by atoms with Crippen LogP contribution < -0.4 is 0 Å². The predicted molar refractivity (Wildman–Crippen MR) is 54.2 cm³/mol. The SMILES string of the molecule is OC(c1cccc(Cl)c1)c1ccco1. The van der Waals surface area contributed by atoms with Crippen molar-refractivity contribution in [1.29, 1.82) is 0 Å². The van der Waals surface area contributed by atoms with Crippen molar-refractivity contribution >= 4 is 11.6 Å². The van der Waals surface area contributed by atoms with Gasteiger partial charge in [0.25, 0.3) is 0 Å².